The summed E-state index contributed by atoms with van der Waals surface area (Å²) >= 11 is 0. The fourth-order valence-corrected chi connectivity index (χ4v) is 4.62. The quantitative estimate of drug-likeness (QED) is 0.828. The van der Waals surface area contributed by atoms with Crippen molar-refractivity contribution >= 4 is 27.3 Å². The molecule has 6 nitrogen and oxygen atoms in total. The first-order chi connectivity index (χ1) is 12.5. The molecule has 0 radical (unpaired) electrons. The Morgan fingerprint density at radius 1 is 1.12 bits per heavy atom. The number of hydrogen-bond acceptors (Lipinski definition) is 4. The highest BCUT2D eigenvalue weighted by molar-refractivity contribution is 7.92. The first-order valence-corrected chi connectivity index (χ1v) is 10.3. The van der Waals surface area contributed by atoms with Gasteiger partial charge in [-0.1, -0.05) is 30.3 Å². The van der Waals surface area contributed by atoms with E-state index in [0.717, 1.165) is 17.7 Å². The first-order valence-electron chi connectivity index (χ1n) is 8.66. The van der Waals surface area contributed by atoms with Crippen LogP contribution in [0.15, 0.2) is 48.5 Å². The minimum atomic E-state index is -3.50. The smallest absolute Gasteiger partial charge is 0.269 e. The van der Waals surface area contributed by atoms with E-state index in [-0.39, 0.29) is 18.2 Å². The monoisotopic (exact) mass is 372 g/mol. The van der Waals surface area contributed by atoms with Crippen LogP contribution in [-0.4, -0.2) is 39.3 Å². The van der Waals surface area contributed by atoms with Gasteiger partial charge in [-0.25, -0.2) is 8.42 Å². The van der Waals surface area contributed by atoms with Gasteiger partial charge in [0.2, 0.25) is 10.0 Å². The summed E-state index contributed by atoms with van der Waals surface area (Å²) in [5, 5.41) is 0. The second kappa shape index (κ2) is 6.32. The molecule has 0 N–H and O–H groups in total. The Bertz CT molecular complexity index is 958. The van der Waals surface area contributed by atoms with E-state index in [1.807, 2.05) is 24.3 Å². The summed E-state index contributed by atoms with van der Waals surface area (Å²) in [4.78, 5) is 14.8. The number of nitrogens with zero attached hydrogens (tertiary/aromatic N) is 2. The molecule has 2 aromatic carbocycles. The van der Waals surface area contributed by atoms with E-state index >= 15 is 0 Å². The van der Waals surface area contributed by atoms with Crippen molar-refractivity contribution in [2.24, 2.45) is 0 Å². The van der Waals surface area contributed by atoms with Crippen molar-refractivity contribution in [2.75, 3.05) is 28.0 Å². The molecule has 0 aromatic heterocycles. The number of benzene rings is 2. The summed E-state index contributed by atoms with van der Waals surface area (Å²) in [5.74, 6) is 0.178. The van der Waals surface area contributed by atoms with Crippen LogP contribution < -0.4 is 13.9 Å². The Balaban J connectivity index is 1.68. The summed E-state index contributed by atoms with van der Waals surface area (Å²) < 4.78 is 32.3. The molecule has 2 aliphatic heterocycles. The van der Waals surface area contributed by atoms with Gasteiger partial charge < -0.3 is 9.64 Å². The predicted molar refractivity (Wildman–Crippen MR) is 100 cm³/mol. The molecule has 0 aliphatic carbocycles. The number of amides is 1. The van der Waals surface area contributed by atoms with Crippen LogP contribution in [0.5, 0.6) is 5.75 Å². The van der Waals surface area contributed by atoms with Crippen LogP contribution in [0.4, 0.5) is 11.4 Å². The second-order valence-electron chi connectivity index (χ2n) is 6.37. The molecule has 0 saturated heterocycles. The van der Waals surface area contributed by atoms with Crippen molar-refractivity contribution in [3.05, 3.63) is 54.1 Å². The van der Waals surface area contributed by atoms with Gasteiger partial charge in [0.1, 0.15) is 5.75 Å². The molecule has 2 aliphatic rings. The predicted octanol–water partition coefficient (Wildman–Crippen LogP) is 2.19. The SMILES string of the molecule is CCS(=O)(=O)N1C[C@H](C(=O)N2CCc3ccccc32)Oc2ccccc21. The van der Waals surface area contributed by atoms with E-state index in [2.05, 4.69) is 0 Å². The number of rotatable bonds is 3. The number of para-hydroxylation sites is 3. The third-order valence-electron chi connectivity index (χ3n) is 4.86. The van der Waals surface area contributed by atoms with Crippen LogP contribution in [0.1, 0.15) is 12.5 Å². The molecule has 1 atom stereocenters. The Morgan fingerprint density at radius 3 is 2.58 bits per heavy atom. The van der Waals surface area contributed by atoms with Gasteiger partial charge in [0.15, 0.2) is 6.10 Å². The molecule has 1 amide bonds. The minimum Gasteiger partial charge on any atom is -0.476 e. The average Bonchev–Trinajstić information content (AvgIpc) is 3.10. The van der Waals surface area contributed by atoms with E-state index in [0.29, 0.717) is 18.0 Å². The van der Waals surface area contributed by atoms with E-state index in [1.165, 1.54) is 4.31 Å². The fourth-order valence-electron chi connectivity index (χ4n) is 3.49. The fraction of sp³-hybridized carbons (Fsp3) is 0.316. The molecule has 136 valence electrons. The summed E-state index contributed by atoms with van der Waals surface area (Å²) in [6, 6.07) is 14.7. The van der Waals surface area contributed by atoms with Gasteiger partial charge in [0.05, 0.1) is 18.0 Å². The molecule has 0 bridgehead atoms. The highest BCUT2D eigenvalue weighted by Crippen LogP contribution is 2.36. The summed E-state index contributed by atoms with van der Waals surface area (Å²) in [7, 11) is -3.50. The number of carbonyl (C=O) groups excluding carboxylic acids is 1. The Labute approximate surface area is 153 Å². The molecule has 4 rings (SSSR count). The van der Waals surface area contributed by atoms with Crippen molar-refractivity contribution in [1.82, 2.24) is 0 Å². The molecule has 0 spiro atoms. The lowest BCUT2D eigenvalue weighted by atomic mass is 10.1. The molecular formula is C19H20N2O4S. The molecule has 26 heavy (non-hydrogen) atoms. The highest BCUT2D eigenvalue weighted by Gasteiger charge is 2.39. The molecule has 7 heteroatoms. The van der Waals surface area contributed by atoms with Gasteiger partial charge in [-0.05, 0) is 37.1 Å². The zero-order chi connectivity index (χ0) is 18.3. The van der Waals surface area contributed by atoms with Crippen molar-refractivity contribution in [1.29, 1.82) is 0 Å². The maximum atomic E-state index is 13.1. The summed E-state index contributed by atoms with van der Waals surface area (Å²) in [6.45, 7) is 2.17. The van der Waals surface area contributed by atoms with E-state index in [1.54, 1.807) is 36.1 Å². The van der Waals surface area contributed by atoms with Gasteiger partial charge in [-0.2, -0.15) is 0 Å². The lowest BCUT2D eigenvalue weighted by Crippen LogP contribution is -2.52. The van der Waals surface area contributed by atoms with E-state index in [9.17, 15) is 13.2 Å². The van der Waals surface area contributed by atoms with Crippen LogP contribution in [-0.2, 0) is 21.2 Å². The third kappa shape index (κ3) is 2.72. The lowest BCUT2D eigenvalue weighted by Gasteiger charge is -2.36. The van der Waals surface area contributed by atoms with Crippen molar-refractivity contribution in [2.45, 2.75) is 19.4 Å². The van der Waals surface area contributed by atoms with Gasteiger partial charge in [-0.15, -0.1) is 0 Å². The van der Waals surface area contributed by atoms with E-state index in [4.69, 9.17) is 4.74 Å². The molecular weight excluding hydrogens is 352 g/mol. The maximum Gasteiger partial charge on any atom is 0.269 e. The minimum absolute atomic E-state index is 0.00924. The van der Waals surface area contributed by atoms with Crippen molar-refractivity contribution in [3.63, 3.8) is 0 Å². The summed E-state index contributed by atoms with van der Waals surface area (Å²) in [6.07, 6.45) is -0.0697. The zero-order valence-corrected chi connectivity index (χ0v) is 15.3. The Hall–Kier alpha value is -2.54. The van der Waals surface area contributed by atoms with Crippen molar-refractivity contribution in [3.8, 4) is 5.75 Å². The summed E-state index contributed by atoms with van der Waals surface area (Å²) in [5.41, 5.74) is 2.49. The van der Waals surface area contributed by atoms with Gasteiger partial charge in [-0.3, -0.25) is 9.10 Å². The Morgan fingerprint density at radius 2 is 1.81 bits per heavy atom. The van der Waals surface area contributed by atoms with Crippen LogP contribution >= 0.6 is 0 Å². The number of ether oxygens (including phenoxy) is 1. The van der Waals surface area contributed by atoms with Crippen LogP contribution in [0.25, 0.3) is 0 Å². The lowest BCUT2D eigenvalue weighted by molar-refractivity contribution is -0.125. The number of sulfonamides is 1. The molecule has 0 unspecified atom stereocenters. The molecule has 2 heterocycles. The number of carbonyl (C=O) groups is 1. The van der Waals surface area contributed by atoms with Crippen molar-refractivity contribution < 1.29 is 17.9 Å². The standard InChI is InChI=1S/C19H20N2O4S/c1-2-26(23,24)21-13-18(25-17-10-6-5-9-16(17)21)19(22)20-12-11-14-7-3-4-8-15(14)20/h3-10,18H,2,11-13H2,1H3/t18-/m1/s1. The average molecular weight is 372 g/mol. The zero-order valence-electron chi connectivity index (χ0n) is 14.5. The van der Waals surface area contributed by atoms with Gasteiger partial charge in [0.25, 0.3) is 5.91 Å². The Kier molecular flexibility index (Phi) is 4.11. The number of hydrogen-bond donors (Lipinski definition) is 0. The topological polar surface area (TPSA) is 66.9 Å². The third-order valence-corrected chi connectivity index (χ3v) is 6.61. The first kappa shape index (κ1) is 16.9. The second-order valence-corrected chi connectivity index (χ2v) is 8.56. The van der Waals surface area contributed by atoms with Crippen LogP contribution in [0, 0.1) is 0 Å². The number of anilines is 2. The molecule has 2 aromatic rings. The van der Waals surface area contributed by atoms with Gasteiger partial charge >= 0.3 is 0 Å². The van der Waals surface area contributed by atoms with Crippen LogP contribution in [0.3, 0.4) is 0 Å². The van der Waals surface area contributed by atoms with E-state index < -0.39 is 16.1 Å². The molecule has 0 saturated carbocycles. The largest absolute Gasteiger partial charge is 0.476 e. The van der Waals surface area contributed by atoms with Crippen LogP contribution in [0.2, 0.25) is 0 Å². The van der Waals surface area contributed by atoms with Gasteiger partial charge in [0, 0.05) is 12.2 Å². The molecule has 0 fully saturated rings. The highest BCUT2D eigenvalue weighted by atomic mass is 32.2. The normalized spacial score (nSPS) is 18.9. The number of fused-ring (bicyclic) bond motifs is 2. The maximum absolute atomic E-state index is 13.1.